The predicted octanol–water partition coefficient (Wildman–Crippen LogP) is 5.05. The van der Waals surface area contributed by atoms with Crippen molar-refractivity contribution in [3.05, 3.63) is 77.3 Å². The van der Waals surface area contributed by atoms with E-state index in [0.29, 0.717) is 53.3 Å². The Hall–Kier alpha value is -4.55. The van der Waals surface area contributed by atoms with E-state index in [1.165, 1.54) is 5.56 Å². The Bertz CT molecular complexity index is 1500. The van der Waals surface area contributed by atoms with Crippen LogP contribution < -0.4 is 10.1 Å². The number of carbonyl (C=O) groups is 1. The monoisotopic (exact) mass is 508 g/mol. The third-order valence-electron chi connectivity index (χ3n) is 6.31. The number of hydrogen-bond donors (Lipinski definition) is 1. The van der Waals surface area contributed by atoms with E-state index in [4.69, 9.17) is 9.26 Å². The highest BCUT2D eigenvalue weighted by Crippen LogP contribution is 2.45. The number of rotatable bonds is 9. The second kappa shape index (κ2) is 10.8. The van der Waals surface area contributed by atoms with Gasteiger partial charge in [0.05, 0.1) is 23.1 Å². The molecule has 2 aromatic carbocycles. The van der Waals surface area contributed by atoms with E-state index in [1.807, 2.05) is 43.3 Å². The minimum Gasteiger partial charge on any atom is -0.491 e. The van der Waals surface area contributed by atoms with Crippen molar-refractivity contribution < 1.29 is 14.1 Å². The number of ether oxygens (including phenoxy) is 1. The summed E-state index contributed by atoms with van der Waals surface area (Å²) < 4.78 is 10.9. The van der Waals surface area contributed by atoms with Gasteiger partial charge in [-0.05, 0) is 74.8 Å². The fraction of sp³-hybridized carbons (Fsp3) is 0.276. The van der Waals surface area contributed by atoms with E-state index < -0.39 is 0 Å². The fourth-order valence-corrected chi connectivity index (χ4v) is 4.13. The SMILES string of the molecule is Cc1nc(-c2ccc(-c3ccc(NC(=O)c4ccc(C#N)c(OCCN(C)C)c4)cn3)c(C3CC3)c2)no1. The first kappa shape index (κ1) is 25.1. The number of aryl methyl sites for hydroxylation is 1. The van der Waals surface area contributed by atoms with Crippen molar-refractivity contribution in [3.8, 4) is 34.5 Å². The maximum Gasteiger partial charge on any atom is 0.255 e. The molecule has 2 aromatic heterocycles. The second-order valence-electron chi connectivity index (χ2n) is 9.57. The van der Waals surface area contributed by atoms with Gasteiger partial charge < -0.3 is 19.5 Å². The fourth-order valence-electron chi connectivity index (χ4n) is 4.13. The molecular weight excluding hydrogens is 480 g/mol. The van der Waals surface area contributed by atoms with Crippen LogP contribution in [-0.2, 0) is 0 Å². The topological polar surface area (TPSA) is 117 Å². The van der Waals surface area contributed by atoms with Gasteiger partial charge >= 0.3 is 0 Å². The van der Waals surface area contributed by atoms with Crippen LogP contribution in [0.15, 0.2) is 59.3 Å². The van der Waals surface area contributed by atoms with Crippen LogP contribution in [0, 0.1) is 18.3 Å². The highest BCUT2D eigenvalue weighted by Gasteiger charge is 2.27. The number of benzene rings is 2. The normalized spacial score (nSPS) is 12.8. The van der Waals surface area contributed by atoms with Crippen molar-refractivity contribution in [2.24, 2.45) is 0 Å². The highest BCUT2D eigenvalue weighted by molar-refractivity contribution is 6.04. The molecule has 0 spiro atoms. The average molecular weight is 509 g/mol. The molecule has 0 unspecified atom stereocenters. The van der Waals surface area contributed by atoms with Gasteiger partial charge in [-0.1, -0.05) is 17.3 Å². The van der Waals surface area contributed by atoms with Crippen LogP contribution in [-0.4, -0.2) is 53.2 Å². The Balaban J connectivity index is 1.32. The molecule has 1 N–H and O–H groups in total. The molecule has 5 rings (SSSR count). The number of pyridine rings is 1. The zero-order valence-corrected chi connectivity index (χ0v) is 21.6. The maximum atomic E-state index is 12.9. The van der Waals surface area contributed by atoms with Crippen molar-refractivity contribution >= 4 is 11.6 Å². The van der Waals surface area contributed by atoms with E-state index in [9.17, 15) is 10.1 Å². The van der Waals surface area contributed by atoms with Crippen LogP contribution in [0.5, 0.6) is 5.75 Å². The largest absolute Gasteiger partial charge is 0.491 e. The first-order valence-electron chi connectivity index (χ1n) is 12.5. The van der Waals surface area contributed by atoms with Crippen LogP contribution in [0.2, 0.25) is 0 Å². The molecule has 0 radical (unpaired) electrons. The summed E-state index contributed by atoms with van der Waals surface area (Å²) in [6.45, 7) is 2.88. The molecule has 1 aliphatic rings. The van der Waals surface area contributed by atoms with Gasteiger partial charge in [-0.25, -0.2) is 0 Å². The summed E-state index contributed by atoms with van der Waals surface area (Å²) >= 11 is 0. The van der Waals surface area contributed by atoms with Crippen molar-refractivity contribution in [1.29, 1.82) is 5.26 Å². The summed E-state index contributed by atoms with van der Waals surface area (Å²) in [5.74, 6) is 1.69. The van der Waals surface area contributed by atoms with Crippen molar-refractivity contribution in [2.75, 3.05) is 32.6 Å². The number of hydrogen-bond acceptors (Lipinski definition) is 8. The van der Waals surface area contributed by atoms with Crippen molar-refractivity contribution in [1.82, 2.24) is 20.0 Å². The summed E-state index contributed by atoms with van der Waals surface area (Å²) in [5.41, 5.74) is 5.38. The van der Waals surface area contributed by atoms with Gasteiger partial charge in [-0.3, -0.25) is 9.78 Å². The molecular formula is C29H28N6O3. The quantitative estimate of drug-likeness (QED) is 0.334. The number of anilines is 1. The molecule has 4 aromatic rings. The van der Waals surface area contributed by atoms with Gasteiger partial charge in [0.25, 0.3) is 5.91 Å². The standard InChI is InChI=1S/C29H28N6O3/c1-18-32-28(34-38-18)20-8-10-24(25(14-20)19-4-5-19)26-11-9-23(17-31-26)33-29(36)21-6-7-22(16-30)27(15-21)37-13-12-35(2)3/h6-11,14-15,17,19H,4-5,12-13H2,1-3H3,(H,33,36). The first-order valence-corrected chi connectivity index (χ1v) is 12.5. The summed E-state index contributed by atoms with van der Waals surface area (Å²) in [6, 6.07) is 16.8. The number of amides is 1. The second-order valence-corrected chi connectivity index (χ2v) is 9.57. The Morgan fingerprint density at radius 2 is 2.03 bits per heavy atom. The molecule has 1 fully saturated rings. The molecule has 9 heteroatoms. The van der Waals surface area contributed by atoms with Crippen molar-refractivity contribution in [3.63, 3.8) is 0 Å². The van der Waals surface area contributed by atoms with Crippen LogP contribution in [0.3, 0.4) is 0 Å². The third-order valence-corrected chi connectivity index (χ3v) is 6.31. The molecule has 0 bridgehead atoms. The van der Waals surface area contributed by atoms with Crippen LogP contribution in [0.4, 0.5) is 5.69 Å². The molecule has 1 saturated carbocycles. The Kier molecular flexibility index (Phi) is 7.15. The van der Waals surface area contributed by atoms with Crippen LogP contribution >= 0.6 is 0 Å². The molecule has 1 amide bonds. The minimum absolute atomic E-state index is 0.306. The van der Waals surface area contributed by atoms with Gasteiger partial charge in [0.15, 0.2) is 0 Å². The van der Waals surface area contributed by atoms with Gasteiger partial charge in [-0.15, -0.1) is 0 Å². The number of nitrogens with one attached hydrogen (secondary N) is 1. The lowest BCUT2D eigenvalue weighted by Gasteiger charge is -2.13. The summed E-state index contributed by atoms with van der Waals surface area (Å²) in [6.07, 6.45) is 3.93. The van der Waals surface area contributed by atoms with E-state index in [1.54, 1.807) is 31.3 Å². The molecule has 38 heavy (non-hydrogen) atoms. The van der Waals surface area contributed by atoms with Crippen molar-refractivity contribution in [2.45, 2.75) is 25.7 Å². The van der Waals surface area contributed by atoms with Crippen LogP contribution in [0.1, 0.15) is 46.1 Å². The first-order chi connectivity index (χ1) is 18.4. The lowest BCUT2D eigenvalue weighted by Crippen LogP contribution is -2.20. The van der Waals surface area contributed by atoms with E-state index in [2.05, 4.69) is 32.6 Å². The Morgan fingerprint density at radius 1 is 1.18 bits per heavy atom. The minimum atomic E-state index is -0.306. The molecule has 1 aliphatic carbocycles. The number of aromatic nitrogens is 3. The zero-order valence-electron chi connectivity index (χ0n) is 21.6. The number of nitrogens with zero attached hydrogens (tertiary/aromatic N) is 5. The van der Waals surface area contributed by atoms with Gasteiger partial charge in [0.2, 0.25) is 11.7 Å². The Labute approximate surface area is 221 Å². The molecule has 9 nitrogen and oxygen atoms in total. The molecule has 192 valence electrons. The molecule has 2 heterocycles. The van der Waals surface area contributed by atoms with E-state index >= 15 is 0 Å². The van der Waals surface area contributed by atoms with Gasteiger partial charge in [-0.2, -0.15) is 10.2 Å². The summed E-state index contributed by atoms with van der Waals surface area (Å²) in [7, 11) is 3.88. The number of nitriles is 1. The average Bonchev–Trinajstić information content (AvgIpc) is 3.68. The molecule has 0 aliphatic heterocycles. The smallest absolute Gasteiger partial charge is 0.255 e. The third kappa shape index (κ3) is 5.71. The Morgan fingerprint density at radius 3 is 2.68 bits per heavy atom. The lowest BCUT2D eigenvalue weighted by molar-refractivity contribution is 0.102. The van der Waals surface area contributed by atoms with E-state index in [0.717, 1.165) is 29.7 Å². The lowest BCUT2D eigenvalue weighted by atomic mass is 9.97. The predicted molar refractivity (Wildman–Crippen MR) is 143 cm³/mol. The highest BCUT2D eigenvalue weighted by atomic mass is 16.5. The van der Waals surface area contributed by atoms with E-state index in [-0.39, 0.29) is 5.91 Å². The molecule has 0 saturated heterocycles. The maximum absolute atomic E-state index is 12.9. The van der Waals surface area contributed by atoms with Gasteiger partial charge in [0, 0.05) is 30.2 Å². The summed E-state index contributed by atoms with van der Waals surface area (Å²) in [4.78, 5) is 23.9. The molecule has 0 atom stereocenters. The number of carbonyl (C=O) groups excluding carboxylic acids is 1. The van der Waals surface area contributed by atoms with Crippen LogP contribution in [0.25, 0.3) is 22.6 Å². The summed E-state index contributed by atoms with van der Waals surface area (Å²) in [5, 5.41) is 16.3. The zero-order chi connectivity index (χ0) is 26.6. The number of likely N-dealkylation sites (N-methyl/N-ethyl adjacent to an activating group) is 1. The van der Waals surface area contributed by atoms with Gasteiger partial charge in [0.1, 0.15) is 18.4 Å².